The van der Waals surface area contributed by atoms with Crippen molar-refractivity contribution in [3.8, 4) is 0 Å². The molecule has 0 amide bonds. The highest BCUT2D eigenvalue weighted by Crippen LogP contribution is 2.08. The lowest BCUT2D eigenvalue weighted by Crippen LogP contribution is -2.06. The number of aliphatic hydroxyl groups is 1. The van der Waals surface area contributed by atoms with Crippen LogP contribution >= 0.6 is 0 Å². The van der Waals surface area contributed by atoms with Crippen LogP contribution in [0, 0.1) is 5.82 Å². The summed E-state index contributed by atoms with van der Waals surface area (Å²) in [6.07, 6.45) is 2.09. The van der Waals surface area contributed by atoms with E-state index in [1.54, 1.807) is 18.2 Å². The average molecular weight is 226 g/mol. The van der Waals surface area contributed by atoms with Crippen molar-refractivity contribution < 1.29 is 14.2 Å². The Morgan fingerprint density at radius 1 is 1.38 bits per heavy atom. The van der Waals surface area contributed by atoms with E-state index < -0.39 is 0 Å². The van der Waals surface area contributed by atoms with Gasteiger partial charge in [-0.05, 0) is 25.3 Å². The fourth-order valence-corrected chi connectivity index (χ4v) is 1.42. The largest absolute Gasteiger partial charge is 0.393 e. The molecule has 0 aliphatic rings. The minimum atomic E-state index is -0.239. The van der Waals surface area contributed by atoms with Crippen LogP contribution in [-0.4, -0.2) is 17.8 Å². The van der Waals surface area contributed by atoms with Gasteiger partial charge in [0, 0.05) is 12.2 Å². The van der Waals surface area contributed by atoms with Crippen LogP contribution in [0.1, 0.15) is 31.7 Å². The lowest BCUT2D eigenvalue weighted by molar-refractivity contribution is 0.0946. The molecule has 16 heavy (non-hydrogen) atoms. The number of aliphatic hydroxyl groups excluding tert-OH is 1. The minimum Gasteiger partial charge on any atom is -0.393 e. The molecule has 2 nitrogen and oxygen atoms in total. The highest BCUT2D eigenvalue weighted by atomic mass is 19.1. The molecule has 3 heteroatoms. The molecule has 0 radical (unpaired) electrons. The van der Waals surface area contributed by atoms with Crippen LogP contribution in [0.4, 0.5) is 4.39 Å². The Balaban J connectivity index is 2.14. The third kappa shape index (κ3) is 4.73. The van der Waals surface area contributed by atoms with Gasteiger partial charge in [0.2, 0.25) is 0 Å². The summed E-state index contributed by atoms with van der Waals surface area (Å²) in [6.45, 7) is 2.81. The van der Waals surface area contributed by atoms with Crippen molar-refractivity contribution in [1.82, 2.24) is 0 Å². The highest BCUT2D eigenvalue weighted by molar-refractivity contribution is 5.16. The summed E-state index contributed by atoms with van der Waals surface area (Å²) in [4.78, 5) is 0. The van der Waals surface area contributed by atoms with Gasteiger partial charge in [-0.1, -0.05) is 25.1 Å². The molecule has 1 atom stereocenters. The molecule has 1 N–H and O–H groups in total. The summed E-state index contributed by atoms with van der Waals surface area (Å²) < 4.78 is 18.5. The molecule has 0 fully saturated rings. The second-order valence-electron chi connectivity index (χ2n) is 3.85. The third-order valence-corrected chi connectivity index (χ3v) is 2.51. The summed E-state index contributed by atoms with van der Waals surface area (Å²) in [7, 11) is 0. The van der Waals surface area contributed by atoms with E-state index in [-0.39, 0.29) is 11.9 Å². The first-order valence-electron chi connectivity index (χ1n) is 5.73. The second-order valence-corrected chi connectivity index (χ2v) is 3.85. The summed E-state index contributed by atoms with van der Waals surface area (Å²) in [5.41, 5.74) is 0.582. The Kier molecular flexibility index (Phi) is 6.04. The number of rotatable bonds is 7. The SMILES string of the molecule is CCC(O)CCCOCc1ccccc1F. The van der Waals surface area contributed by atoms with Crippen LogP contribution < -0.4 is 0 Å². The van der Waals surface area contributed by atoms with E-state index in [9.17, 15) is 9.50 Å². The quantitative estimate of drug-likeness (QED) is 0.724. The van der Waals surface area contributed by atoms with Gasteiger partial charge in [0.15, 0.2) is 0 Å². The zero-order chi connectivity index (χ0) is 11.8. The zero-order valence-electron chi connectivity index (χ0n) is 9.66. The molecule has 0 saturated heterocycles. The van der Waals surface area contributed by atoms with Crippen LogP contribution in [0.15, 0.2) is 24.3 Å². The van der Waals surface area contributed by atoms with Gasteiger partial charge in [-0.25, -0.2) is 4.39 Å². The number of halogens is 1. The molecule has 1 aromatic carbocycles. The molecule has 0 saturated carbocycles. The maximum absolute atomic E-state index is 13.2. The summed E-state index contributed by atoms with van der Waals surface area (Å²) >= 11 is 0. The molecule has 0 heterocycles. The van der Waals surface area contributed by atoms with Crippen molar-refractivity contribution in [1.29, 1.82) is 0 Å². The van der Waals surface area contributed by atoms with E-state index in [1.165, 1.54) is 6.07 Å². The molecule has 0 aliphatic heterocycles. The van der Waals surface area contributed by atoms with Gasteiger partial charge < -0.3 is 9.84 Å². The number of benzene rings is 1. The Labute approximate surface area is 96.1 Å². The summed E-state index contributed by atoms with van der Waals surface area (Å²) in [5, 5.41) is 9.30. The average Bonchev–Trinajstić information content (AvgIpc) is 2.30. The maximum Gasteiger partial charge on any atom is 0.128 e. The van der Waals surface area contributed by atoms with Crippen LogP contribution in [0.3, 0.4) is 0 Å². The zero-order valence-corrected chi connectivity index (χ0v) is 9.66. The van der Waals surface area contributed by atoms with E-state index in [1.807, 2.05) is 6.92 Å². The second kappa shape index (κ2) is 7.36. The third-order valence-electron chi connectivity index (χ3n) is 2.51. The van der Waals surface area contributed by atoms with Crippen molar-refractivity contribution in [3.05, 3.63) is 35.6 Å². The van der Waals surface area contributed by atoms with E-state index in [0.29, 0.717) is 18.8 Å². The van der Waals surface area contributed by atoms with Crippen LogP contribution in [0.2, 0.25) is 0 Å². The fourth-order valence-electron chi connectivity index (χ4n) is 1.42. The van der Waals surface area contributed by atoms with Gasteiger partial charge in [0.05, 0.1) is 12.7 Å². The van der Waals surface area contributed by atoms with Gasteiger partial charge in [-0.3, -0.25) is 0 Å². The fraction of sp³-hybridized carbons (Fsp3) is 0.538. The molecular formula is C13H19FO2. The topological polar surface area (TPSA) is 29.5 Å². The Morgan fingerprint density at radius 2 is 2.12 bits per heavy atom. The highest BCUT2D eigenvalue weighted by Gasteiger charge is 2.02. The van der Waals surface area contributed by atoms with Gasteiger partial charge in [-0.15, -0.1) is 0 Å². The maximum atomic E-state index is 13.2. The van der Waals surface area contributed by atoms with Crippen LogP contribution in [0.25, 0.3) is 0 Å². The van der Waals surface area contributed by atoms with Gasteiger partial charge in [0.25, 0.3) is 0 Å². The van der Waals surface area contributed by atoms with Crippen molar-refractivity contribution in [2.24, 2.45) is 0 Å². The minimum absolute atomic E-state index is 0.226. The van der Waals surface area contributed by atoms with Crippen LogP contribution in [0.5, 0.6) is 0 Å². The number of ether oxygens (including phenoxy) is 1. The first kappa shape index (κ1) is 13.1. The molecule has 0 spiro atoms. The monoisotopic (exact) mass is 226 g/mol. The Bertz CT molecular complexity index is 302. The van der Waals surface area contributed by atoms with Crippen molar-refractivity contribution in [2.45, 2.75) is 38.9 Å². The first-order chi connectivity index (χ1) is 7.74. The van der Waals surface area contributed by atoms with Gasteiger partial charge in [-0.2, -0.15) is 0 Å². The normalized spacial score (nSPS) is 12.7. The molecule has 90 valence electrons. The van der Waals surface area contributed by atoms with Crippen molar-refractivity contribution >= 4 is 0 Å². The van der Waals surface area contributed by atoms with Crippen LogP contribution in [-0.2, 0) is 11.3 Å². The predicted molar refractivity (Wildman–Crippen MR) is 61.6 cm³/mol. The predicted octanol–water partition coefficient (Wildman–Crippen LogP) is 2.89. The lowest BCUT2D eigenvalue weighted by Gasteiger charge is -2.08. The molecule has 0 bridgehead atoms. The van der Waals surface area contributed by atoms with Gasteiger partial charge in [0.1, 0.15) is 5.82 Å². The van der Waals surface area contributed by atoms with E-state index in [0.717, 1.165) is 19.3 Å². The first-order valence-corrected chi connectivity index (χ1v) is 5.73. The summed E-state index contributed by atoms with van der Waals surface area (Å²) in [6, 6.07) is 6.61. The smallest absolute Gasteiger partial charge is 0.128 e. The molecule has 1 aromatic rings. The lowest BCUT2D eigenvalue weighted by atomic mass is 10.1. The van der Waals surface area contributed by atoms with E-state index >= 15 is 0 Å². The van der Waals surface area contributed by atoms with E-state index in [2.05, 4.69) is 0 Å². The molecule has 1 unspecified atom stereocenters. The molecule has 1 rings (SSSR count). The number of hydrogen-bond acceptors (Lipinski definition) is 2. The van der Waals surface area contributed by atoms with Gasteiger partial charge >= 0.3 is 0 Å². The van der Waals surface area contributed by atoms with Crippen molar-refractivity contribution in [2.75, 3.05) is 6.61 Å². The Hall–Kier alpha value is -0.930. The van der Waals surface area contributed by atoms with E-state index in [4.69, 9.17) is 4.74 Å². The Morgan fingerprint density at radius 3 is 2.81 bits per heavy atom. The molecule has 0 aromatic heterocycles. The molecule has 0 aliphatic carbocycles. The standard InChI is InChI=1S/C13H19FO2/c1-2-12(15)7-5-9-16-10-11-6-3-4-8-13(11)14/h3-4,6,8,12,15H,2,5,7,9-10H2,1H3. The number of hydrogen-bond donors (Lipinski definition) is 1. The summed E-state index contributed by atoms with van der Waals surface area (Å²) in [5.74, 6) is -0.226. The van der Waals surface area contributed by atoms with Crippen molar-refractivity contribution in [3.63, 3.8) is 0 Å². The molecular weight excluding hydrogens is 207 g/mol.